The quantitative estimate of drug-likeness (QED) is 0.623. The van der Waals surface area contributed by atoms with Crippen molar-refractivity contribution in [3.63, 3.8) is 0 Å². The number of nitrogens with zero attached hydrogens (tertiary/aromatic N) is 1. The summed E-state index contributed by atoms with van der Waals surface area (Å²) in [6, 6.07) is 12.9. The van der Waals surface area contributed by atoms with E-state index in [2.05, 4.69) is 10.6 Å². The highest BCUT2D eigenvalue weighted by atomic mass is 32.2. The number of hydrogen-bond donors (Lipinski definition) is 2. The number of sulfonamides is 1. The Morgan fingerprint density at radius 3 is 2.37 bits per heavy atom. The van der Waals surface area contributed by atoms with Crippen LogP contribution in [0.3, 0.4) is 0 Å². The summed E-state index contributed by atoms with van der Waals surface area (Å²) in [6.45, 7) is 3.01. The van der Waals surface area contributed by atoms with E-state index in [1.807, 2.05) is 0 Å². The van der Waals surface area contributed by atoms with Gasteiger partial charge in [0.05, 0.1) is 29.3 Å². The number of rotatable bonds is 8. The summed E-state index contributed by atoms with van der Waals surface area (Å²) in [7, 11) is -3.46. The summed E-state index contributed by atoms with van der Waals surface area (Å²) in [4.78, 5) is 24.5. The van der Waals surface area contributed by atoms with Crippen molar-refractivity contribution in [1.82, 2.24) is 4.31 Å². The minimum Gasteiger partial charge on any atom is -0.462 e. The van der Waals surface area contributed by atoms with Crippen molar-refractivity contribution < 1.29 is 22.7 Å². The number of amides is 1. The lowest BCUT2D eigenvalue weighted by atomic mass is 10.2. The van der Waals surface area contributed by atoms with Crippen LogP contribution in [0.4, 0.5) is 11.4 Å². The smallest absolute Gasteiger partial charge is 0.340 e. The summed E-state index contributed by atoms with van der Waals surface area (Å²) in [6.07, 6.45) is 1.76. The summed E-state index contributed by atoms with van der Waals surface area (Å²) in [5.41, 5.74) is 1.27. The topological polar surface area (TPSA) is 105 Å². The van der Waals surface area contributed by atoms with Crippen LogP contribution in [-0.4, -0.2) is 50.8 Å². The van der Waals surface area contributed by atoms with Crippen LogP contribution in [0.25, 0.3) is 0 Å². The highest BCUT2D eigenvalue weighted by molar-refractivity contribution is 7.89. The van der Waals surface area contributed by atoms with Gasteiger partial charge in [-0.15, -0.1) is 0 Å². The van der Waals surface area contributed by atoms with Crippen LogP contribution >= 0.6 is 0 Å². The van der Waals surface area contributed by atoms with Crippen molar-refractivity contribution in [2.75, 3.05) is 36.9 Å². The number of para-hydroxylation sites is 1. The van der Waals surface area contributed by atoms with Crippen molar-refractivity contribution in [3.05, 3.63) is 54.1 Å². The molecule has 1 aliphatic rings. The van der Waals surface area contributed by atoms with E-state index in [4.69, 9.17) is 4.74 Å². The number of anilines is 2. The summed E-state index contributed by atoms with van der Waals surface area (Å²) >= 11 is 0. The normalized spacial score (nSPS) is 14.3. The van der Waals surface area contributed by atoms with Gasteiger partial charge in [-0.2, -0.15) is 4.31 Å². The molecular weight excluding hydrogens is 406 g/mol. The SMILES string of the molecule is CCOC(=O)c1ccccc1NC(=O)CNc1ccc(S(=O)(=O)N2CCCC2)cc1. The third-order valence-electron chi connectivity index (χ3n) is 4.71. The van der Waals surface area contributed by atoms with Crippen LogP contribution in [0.1, 0.15) is 30.1 Å². The van der Waals surface area contributed by atoms with E-state index in [1.54, 1.807) is 43.3 Å². The maximum absolute atomic E-state index is 12.6. The Bertz CT molecular complexity index is 1000. The van der Waals surface area contributed by atoms with Gasteiger partial charge in [0.15, 0.2) is 0 Å². The Hall–Kier alpha value is -2.91. The minimum atomic E-state index is -3.46. The van der Waals surface area contributed by atoms with Crippen LogP contribution in [0.5, 0.6) is 0 Å². The third kappa shape index (κ3) is 5.17. The van der Waals surface area contributed by atoms with Crippen molar-refractivity contribution in [3.8, 4) is 0 Å². The molecule has 1 aliphatic heterocycles. The maximum Gasteiger partial charge on any atom is 0.340 e. The minimum absolute atomic E-state index is 0.0462. The van der Waals surface area contributed by atoms with Crippen molar-refractivity contribution in [2.45, 2.75) is 24.7 Å². The number of benzene rings is 2. The Morgan fingerprint density at radius 1 is 1.03 bits per heavy atom. The van der Waals surface area contributed by atoms with Gasteiger partial charge in [0.25, 0.3) is 0 Å². The van der Waals surface area contributed by atoms with Gasteiger partial charge >= 0.3 is 5.97 Å². The molecule has 0 unspecified atom stereocenters. The number of carbonyl (C=O) groups excluding carboxylic acids is 2. The van der Waals surface area contributed by atoms with E-state index in [0.29, 0.717) is 24.5 Å². The van der Waals surface area contributed by atoms with Crippen molar-refractivity contribution in [1.29, 1.82) is 0 Å². The Labute approximate surface area is 176 Å². The van der Waals surface area contributed by atoms with Crippen LogP contribution in [0, 0.1) is 0 Å². The molecular formula is C21H25N3O5S. The Kier molecular flexibility index (Phi) is 7.07. The standard InChI is InChI=1S/C21H25N3O5S/c1-2-29-21(26)18-7-3-4-8-19(18)23-20(25)15-22-16-9-11-17(12-10-16)30(27,28)24-13-5-6-14-24/h3-4,7-12,22H,2,5-6,13-15H2,1H3,(H,23,25). The molecule has 2 aromatic rings. The second-order valence-electron chi connectivity index (χ2n) is 6.80. The van der Waals surface area contributed by atoms with Gasteiger partial charge in [-0.1, -0.05) is 12.1 Å². The summed E-state index contributed by atoms with van der Waals surface area (Å²) in [5, 5.41) is 5.64. The second kappa shape index (κ2) is 9.73. The van der Waals surface area contributed by atoms with Crippen molar-refractivity contribution >= 4 is 33.3 Å². The summed E-state index contributed by atoms with van der Waals surface area (Å²) in [5.74, 6) is -0.850. The predicted octanol–water partition coefficient (Wildman–Crippen LogP) is 2.70. The lowest BCUT2D eigenvalue weighted by Crippen LogP contribution is -2.27. The summed E-state index contributed by atoms with van der Waals surface area (Å²) < 4.78 is 31.6. The van der Waals surface area contributed by atoms with E-state index in [0.717, 1.165) is 12.8 Å². The molecule has 1 saturated heterocycles. The third-order valence-corrected chi connectivity index (χ3v) is 6.62. The molecule has 0 bridgehead atoms. The molecule has 2 aromatic carbocycles. The maximum atomic E-state index is 12.6. The molecule has 9 heteroatoms. The molecule has 8 nitrogen and oxygen atoms in total. The van der Waals surface area contributed by atoms with Crippen LogP contribution in [0.2, 0.25) is 0 Å². The van der Waals surface area contributed by atoms with Gasteiger partial charge in [0, 0.05) is 18.8 Å². The fourth-order valence-electron chi connectivity index (χ4n) is 3.18. The molecule has 1 heterocycles. The first-order chi connectivity index (χ1) is 14.4. The number of nitrogens with one attached hydrogen (secondary N) is 2. The number of carbonyl (C=O) groups is 2. The first-order valence-electron chi connectivity index (χ1n) is 9.82. The highest BCUT2D eigenvalue weighted by Gasteiger charge is 2.26. The average molecular weight is 432 g/mol. The van der Waals surface area contributed by atoms with E-state index >= 15 is 0 Å². The van der Waals surface area contributed by atoms with Gasteiger partial charge in [0.2, 0.25) is 15.9 Å². The monoisotopic (exact) mass is 431 g/mol. The molecule has 0 atom stereocenters. The van der Waals surface area contributed by atoms with Gasteiger partial charge in [-0.3, -0.25) is 4.79 Å². The molecule has 30 heavy (non-hydrogen) atoms. The molecule has 0 aliphatic carbocycles. The molecule has 0 aromatic heterocycles. The fraction of sp³-hybridized carbons (Fsp3) is 0.333. The molecule has 0 saturated carbocycles. The second-order valence-corrected chi connectivity index (χ2v) is 8.74. The molecule has 2 N–H and O–H groups in total. The van der Waals surface area contributed by atoms with Gasteiger partial charge < -0.3 is 15.4 Å². The first-order valence-corrected chi connectivity index (χ1v) is 11.3. The number of esters is 1. The van der Waals surface area contributed by atoms with E-state index in [1.165, 1.54) is 16.4 Å². The van der Waals surface area contributed by atoms with E-state index < -0.39 is 16.0 Å². The molecule has 1 fully saturated rings. The van der Waals surface area contributed by atoms with E-state index in [9.17, 15) is 18.0 Å². The lowest BCUT2D eigenvalue weighted by Gasteiger charge is -2.16. The molecule has 160 valence electrons. The Balaban J connectivity index is 1.59. The van der Waals surface area contributed by atoms with E-state index in [-0.39, 0.29) is 29.5 Å². The van der Waals surface area contributed by atoms with Gasteiger partial charge in [-0.05, 0) is 56.2 Å². The number of hydrogen-bond acceptors (Lipinski definition) is 6. The van der Waals surface area contributed by atoms with Crippen LogP contribution < -0.4 is 10.6 Å². The van der Waals surface area contributed by atoms with Crippen molar-refractivity contribution in [2.24, 2.45) is 0 Å². The van der Waals surface area contributed by atoms with Gasteiger partial charge in [0.1, 0.15) is 0 Å². The van der Waals surface area contributed by atoms with Crippen LogP contribution in [0.15, 0.2) is 53.4 Å². The first kappa shape index (κ1) is 21.8. The fourth-order valence-corrected chi connectivity index (χ4v) is 4.70. The molecule has 0 radical (unpaired) electrons. The average Bonchev–Trinajstić information content (AvgIpc) is 3.29. The van der Waals surface area contributed by atoms with Gasteiger partial charge in [-0.25, -0.2) is 13.2 Å². The molecule has 3 rings (SSSR count). The zero-order valence-electron chi connectivity index (χ0n) is 16.8. The highest BCUT2D eigenvalue weighted by Crippen LogP contribution is 2.22. The number of ether oxygens (including phenoxy) is 1. The molecule has 0 spiro atoms. The lowest BCUT2D eigenvalue weighted by molar-refractivity contribution is -0.114. The zero-order valence-corrected chi connectivity index (χ0v) is 17.6. The predicted molar refractivity (Wildman–Crippen MR) is 114 cm³/mol. The Morgan fingerprint density at radius 2 is 1.70 bits per heavy atom. The zero-order chi connectivity index (χ0) is 21.6. The largest absolute Gasteiger partial charge is 0.462 e. The molecule has 1 amide bonds. The van der Waals surface area contributed by atoms with Crippen LogP contribution in [-0.2, 0) is 19.6 Å².